The number of hydrogen-bond acceptors (Lipinski definition) is 4. The fraction of sp³-hybridized carbons (Fsp3) is 0.545. The van der Waals surface area contributed by atoms with Crippen LogP contribution in [0.25, 0.3) is 5.52 Å². The summed E-state index contributed by atoms with van der Waals surface area (Å²) in [6.07, 6.45) is 6.36. The number of pyridine rings is 2. The van der Waals surface area contributed by atoms with Crippen molar-refractivity contribution in [2.24, 2.45) is 17.6 Å². The number of halogens is 1. The first-order valence-corrected chi connectivity index (χ1v) is 10.5. The number of rotatable bonds is 3. The fourth-order valence-corrected chi connectivity index (χ4v) is 5.59. The van der Waals surface area contributed by atoms with E-state index in [1.54, 1.807) is 0 Å². The summed E-state index contributed by atoms with van der Waals surface area (Å²) in [5, 5.41) is 9.43. The van der Waals surface area contributed by atoms with E-state index in [1.807, 2.05) is 6.92 Å². The third-order valence-electron chi connectivity index (χ3n) is 7.16. The van der Waals surface area contributed by atoms with Crippen molar-refractivity contribution in [3.05, 3.63) is 45.1 Å². The van der Waals surface area contributed by atoms with E-state index in [1.165, 1.54) is 16.7 Å². The molecule has 3 atom stereocenters. The zero-order valence-corrected chi connectivity index (χ0v) is 16.5. The second-order valence-corrected chi connectivity index (χ2v) is 8.99. The maximum atomic E-state index is 15.3. The third-order valence-corrected chi connectivity index (χ3v) is 7.16. The van der Waals surface area contributed by atoms with Crippen molar-refractivity contribution in [2.75, 3.05) is 18.0 Å². The number of aromatic carboxylic acids is 1. The molecule has 2 aliphatic carbocycles. The molecule has 1 aliphatic heterocycles. The molecule has 2 aromatic heterocycles. The first-order chi connectivity index (χ1) is 13.9. The number of fused-ring (bicyclic) bond motifs is 2. The van der Waals surface area contributed by atoms with Gasteiger partial charge in [-0.1, -0.05) is 6.42 Å². The maximum Gasteiger partial charge on any atom is 0.341 e. The van der Waals surface area contributed by atoms with Crippen LogP contribution in [0.15, 0.2) is 17.1 Å². The minimum Gasteiger partial charge on any atom is -0.477 e. The molecule has 3 N–H and O–H groups in total. The number of carboxylic acids is 1. The summed E-state index contributed by atoms with van der Waals surface area (Å²) in [6, 6.07) is 1.66. The lowest BCUT2D eigenvalue weighted by molar-refractivity contribution is 0.0694. The highest BCUT2D eigenvalue weighted by atomic mass is 19.1. The second-order valence-electron chi connectivity index (χ2n) is 8.99. The molecular weight excluding hydrogens is 373 g/mol. The first kappa shape index (κ1) is 18.6. The standard InChI is InChI=1S/C22H26FN3O3/c1-11-19-14(12-5-6-12)7-15(22(28)29)21(27)26(19)10-17(23)20(11)25-8-13-3-2-4-18(24)16(13)9-25/h7,10,12-13,16,18H,2-6,8-9,24H2,1H3,(H,28,29)/t13-,16+,18-/m1/s1. The van der Waals surface area contributed by atoms with Crippen molar-refractivity contribution in [2.45, 2.75) is 51.0 Å². The van der Waals surface area contributed by atoms with Crippen molar-refractivity contribution in [3.8, 4) is 0 Å². The number of aryl methyl sites for hydroxylation is 1. The molecule has 0 unspecified atom stereocenters. The third kappa shape index (κ3) is 2.86. The average molecular weight is 399 g/mol. The highest BCUT2D eigenvalue weighted by Crippen LogP contribution is 2.45. The van der Waals surface area contributed by atoms with Crippen molar-refractivity contribution in [1.82, 2.24) is 4.40 Å². The Balaban J connectivity index is 1.68. The summed E-state index contributed by atoms with van der Waals surface area (Å²) in [4.78, 5) is 26.4. The SMILES string of the molecule is Cc1c(N2C[C@H]3CCC[C@@H](N)[C@H]3C2)c(F)cn2c(=O)c(C(=O)O)cc(C3CC3)c12. The lowest BCUT2D eigenvalue weighted by Gasteiger charge is -2.29. The van der Waals surface area contributed by atoms with Gasteiger partial charge >= 0.3 is 5.97 Å². The molecule has 3 aliphatic rings. The number of nitrogens with two attached hydrogens (primary N) is 1. The molecule has 1 saturated heterocycles. The normalized spacial score (nSPS) is 26.7. The first-order valence-electron chi connectivity index (χ1n) is 10.5. The summed E-state index contributed by atoms with van der Waals surface area (Å²) >= 11 is 0. The van der Waals surface area contributed by atoms with Crippen LogP contribution in [0.5, 0.6) is 0 Å². The number of nitrogens with zero attached hydrogens (tertiary/aromatic N) is 2. The van der Waals surface area contributed by atoms with E-state index in [9.17, 15) is 14.7 Å². The molecule has 6 nitrogen and oxygen atoms in total. The lowest BCUT2D eigenvalue weighted by Crippen LogP contribution is -2.38. The number of anilines is 1. The van der Waals surface area contributed by atoms with Crippen LogP contribution in [0, 0.1) is 24.6 Å². The molecule has 0 amide bonds. The van der Waals surface area contributed by atoms with E-state index in [-0.39, 0.29) is 17.5 Å². The van der Waals surface area contributed by atoms with Gasteiger partial charge in [-0.2, -0.15) is 0 Å². The van der Waals surface area contributed by atoms with E-state index in [4.69, 9.17) is 5.73 Å². The monoisotopic (exact) mass is 399 g/mol. The molecule has 3 heterocycles. The van der Waals surface area contributed by atoms with E-state index < -0.39 is 17.3 Å². The summed E-state index contributed by atoms with van der Waals surface area (Å²) in [5.41, 5.74) is 8.13. The Bertz CT molecular complexity index is 1080. The molecule has 7 heteroatoms. The Labute approximate surface area is 168 Å². The zero-order valence-electron chi connectivity index (χ0n) is 16.5. The van der Waals surface area contributed by atoms with Gasteiger partial charge in [0.25, 0.3) is 5.56 Å². The fourth-order valence-electron chi connectivity index (χ4n) is 5.59. The van der Waals surface area contributed by atoms with Crippen LogP contribution in [-0.4, -0.2) is 34.6 Å². The summed E-state index contributed by atoms with van der Waals surface area (Å²) in [5.74, 6) is -0.665. The molecule has 3 fully saturated rings. The van der Waals surface area contributed by atoms with Gasteiger partial charge in [0.05, 0.1) is 17.4 Å². The highest BCUT2D eigenvalue weighted by molar-refractivity contribution is 5.89. The van der Waals surface area contributed by atoms with Crippen LogP contribution in [0.1, 0.15) is 59.5 Å². The predicted octanol–water partition coefficient (Wildman–Crippen LogP) is 2.89. The second kappa shape index (κ2) is 6.55. The summed E-state index contributed by atoms with van der Waals surface area (Å²) in [7, 11) is 0. The number of carboxylic acid groups (broad SMARTS) is 1. The molecule has 5 rings (SSSR count). The highest BCUT2D eigenvalue weighted by Gasteiger charge is 2.40. The van der Waals surface area contributed by atoms with Crippen LogP contribution in [-0.2, 0) is 0 Å². The quantitative estimate of drug-likeness (QED) is 0.829. The van der Waals surface area contributed by atoms with Crippen LogP contribution in [0.4, 0.5) is 10.1 Å². The van der Waals surface area contributed by atoms with Gasteiger partial charge in [0, 0.05) is 19.1 Å². The van der Waals surface area contributed by atoms with Crippen molar-refractivity contribution >= 4 is 17.2 Å². The Kier molecular flexibility index (Phi) is 4.21. The van der Waals surface area contributed by atoms with Crippen LogP contribution in [0.2, 0.25) is 0 Å². The molecule has 0 radical (unpaired) electrons. The molecular formula is C22H26FN3O3. The van der Waals surface area contributed by atoms with Gasteiger partial charge in [-0.05, 0) is 67.6 Å². The molecule has 0 spiro atoms. The van der Waals surface area contributed by atoms with Gasteiger partial charge in [0.2, 0.25) is 0 Å². The smallest absolute Gasteiger partial charge is 0.341 e. The molecule has 154 valence electrons. The minimum absolute atomic E-state index is 0.158. The van der Waals surface area contributed by atoms with Gasteiger partial charge in [-0.15, -0.1) is 0 Å². The molecule has 0 bridgehead atoms. The van der Waals surface area contributed by atoms with Gasteiger partial charge < -0.3 is 15.7 Å². The van der Waals surface area contributed by atoms with Crippen LogP contribution < -0.4 is 16.2 Å². The van der Waals surface area contributed by atoms with Crippen LogP contribution >= 0.6 is 0 Å². The van der Waals surface area contributed by atoms with Gasteiger partial charge in [-0.3, -0.25) is 9.20 Å². The zero-order chi connectivity index (χ0) is 20.4. The Morgan fingerprint density at radius 2 is 2.00 bits per heavy atom. The van der Waals surface area contributed by atoms with E-state index in [2.05, 4.69) is 4.90 Å². The largest absolute Gasteiger partial charge is 0.477 e. The number of aromatic nitrogens is 1. The van der Waals surface area contributed by atoms with Crippen molar-refractivity contribution in [1.29, 1.82) is 0 Å². The van der Waals surface area contributed by atoms with E-state index in [0.717, 1.165) is 50.8 Å². The molecule has 0 aromatic carbocycles. The van der Waals surface area contributed by atoms with E-state index >= 15 is 4.39 Å². The predicted molar refractivity (Wildman–Crippen MR) is 108 cm³/mol. The van der Waals surface area contributed by atoms with Gasteiger partial charge in [0.15, 0.2) is 5.82 Å². The Morgan fingerprint density at radius 1 is 1.24 bits per heavy atom. The van der Waals surface area contributed by atoms with E-state index in [0.29, 0.717) is 28.6 Å². The maximum absolute atomic E-state index is 15.3. The van der Waals surface area contributed by atoms with Crippen molar-refractivity contribution in [3.63, 3.8) is 0 Å². The molecule has 2 saturated carbocycles. The Morgan fingerprint density at radius 3 is 2.66 bits per heavy atom. The lowest BCUT2D eigenvalue weighted by atomic mass is 9.78. The van der Waals surface area contributed by atoms with Crippen molar-refractivity contribution < 1.29 is 14.3 Å². The topological polar surface area (TPSA) is 88.0 Å². The average Bonchev–Trinajstić information content (AvgIpc) is 3.42. The van der Waals surface area contributed by atoms with Gasteiger partial charge in [-0.25, -0.2) is 9.18 Å². The summed E-state index contributed by atoms with van der Waals surface area (Å²) < 4.78 is 16.5. The minimum atomic E-state index is -1.27. The Hall–Kier alpha value is -2.41. The summed E-state index contributed by atoms with van der Waals surface area (Å²) in [6.45, 7) is 3.36. The molecule has 29 heavy (non-hydrogen) atoms. The molecule has 2 aromatic rings. The number of hydrogen-bond donors (Lipinski definition) is 2. The van der Waals surface area contributed by atoms with Gasteiger partial charge in [0.1, 0.15) is 5.56 Å². The van der Waals surface area contributed by atoms with Crippen LogP contribution in [0.3, 0.4) is 0 Å². The number of carbonyl (C=O) groups is 1.